The second kappa shape index (κ2) is 9.60. The summed E-state index contributed by atoms with van der Waals surface area (Å²) in [4.78, 5) is 2.52. The lowest BCUT2D eigenvalue weighted by atomic mass is 10.2. The molecule has 1 aliphatic heterocycles. The molecule has 2 aromatic rings. The number of benzene rings is 1. The first-order chi connectivity index (χ1) is 13.4. The van der Waals surface area contributed by atoms with E-state index in [1.807, 2.05) is 0 Å². The summed E-state index contributed by atoms with van der Waals surface area (Å²) < 4.78 is 33.5. The van der Waals surface area contributed by atoms with Crippen LogP contribution in [0, 0.1) is 5.92 Å². The second-order valence-corrected chi connectivity index (χ2v) is 11.1. The van der Waals surface area contributed by atoms with E-state index in [2.05, 4.69) is 49.4 Å². The van der Waals surface area contributed by atoms with Crippen LogP contribution in [0.5, 0.6) is 0 Å². The van der Waals surface area contributed by atoms with E-state index in [9.17, 15) is 8.42 Å². The van der Waals surface area contributed by atoms with Crippen molar-refractivity contribution in [2.45, 2.75) is 30.4 Å². The Morgan fingerprint density at radius 3 is 2.50 bits per heavy atom. The van der Waals surface area contributed by atoms with Gasteiger partial charge in [-0.3, -0.25) is 4.57 Å². The average Bonchev–Trinajstić information content (AvgIpc) is 3.04. The van der Waals surface area contributed by atoms with Crippen LogP contribution in [0.25, 0.3) is 0 Å². The molecule has 1 aromatic carbocycles. The first-order valence-corrected chi connectivity index (χ1v) is 12.7. The molecule has 0 aliphatic carbocycles. The highest BCUT2D eigenvalue weighted by Crippen LogP contribution is 2.25. The molecule has 0 atom stereocenters. The summed E-state index contributed by atoms with van der Waals surface area (Å²) in [6, 6.07) is 6.74. The van der Waals surface area contributed by atoms with Crippen LogP contribution < -0.4 is 4.90 Å². The first kappa shape index (κ1) is 21.6. The minimum absolute atomic E-state index is 0.0563. The number of rotatable bonds is 8. The van der Waals surface area contributed by atoms with Crippen LogP contribution in [0.15, 0.2) is 38.8 Å². The zero-order valence-corrected chi connectivity index (χ0v) is 19.3. The van der Waals surface area contributed by atoms with Gasteiger partial charge in [-0.2, -0.15) is 0 Å². The van der Waals surface area contributed by atoms with Crippen LogP contribution in [0.3, 0.4) is 0 Å². The third-order valence-corrected chi connectivity index (χ3v) is 7.78. The van der Waals surface area contributed by atoms with Crippen molar-refractivity contribution in [3.05, 3.63) is 28.7 Å². The maximum absolute atomic E-state index is 12.6. The van der Waals surface area contributed by atoms with Gasteiger partial charge in [0.15, 0.2) is 15.0 Å². The Bertz CT molecular complexity index is 879. The largest absolute Gasteiger partial charge is 0.378 e. The minimum atomic E-state index is -3.32. The topological polar surface area (TPSA) is 77.3 Å². The predicted molar refractivity (Wildman–Crippen MR) is 115 cm³/mol. The molecule has 0 spiro atoms. The number of nitrogens with zero attached hydrogens (tertiary/aromatic N) is 4. The van der Waals surface area contributed by atoms with Crippen LogP contribution in [-0.2, 0) is 21.1 Å². The van der Waals surface area contributed by atoms with Gasteiger partial charge in [0.05, 0.1) is 23.9 Å². The Hall–Kier alpha value is -1.10. The lowest BCUT2D eigenvalue weighted by Gasteiger charge is -2.28. The number of anilines is 1. The predicted octanol–water partition coefficient (Wildman–Crippen LogP) is 3.10. The molecule has 3 rings (SSSR count). The van der Waals surface area contributed by atoms with Gasteiger partial charge in [-0.15, -0.1) is 10.2 Å². The van der Waals surface area contributed by atoms with Crippen molar-refractivity contribution in [1.82, 2.24) is 14.8 Å². The zero-order chi connectivity index (χ0) is 20.1. The van der Waals surface area contributed by atoms with Crippen LogP contribution in [0.1, 0.15) is 13.8 Å². The normalized spacial score (nSPS) is 15.4. The van der Waals surface area contributed by atoms with Crippen molar-refractivity contribution in [3.8, 4) is 0 Å². The fourth-order valence-corrected chi connectivity index (χ4v) is 5.77. The SMILES string of the molecule is CC(C)Cn1c(SCCS(=O)(=O)c2ccc(Br)cc2)nnc1N1CCOCC1. The van der Waals surface area contributed by atoms with Gasteiger partial charge in [0.2, 0.25) is 5.95 Å². The molecule has 1 aromatic heterocycles. The van der Waals surface area contributed by atoms with E-state index in [0.29, 0.717) is 29.8 Å². The van der Waals surface area contributed by atoms with Crippen molar-refractivity contribution in [1.29, 1.82) is 0 Å². The highest BCUT2D eigenvalue weighted by molar-refractivity contribution is 9.10. The van der Waals surface area contributed by atoms with Crippen LogP contribution in [0.4, 0.5) is 5.95 Å². The van der Waals surface area contributed by atoms with Gasteiger partial charge < -0.3 is 9.64 Å². The molecule has 2 heterocycles. The van der Waals surface area contributed by atoms with E-state index in [1.54, 1.807) is 24.3 Å². The highest BCUT2D eigenvalue weighted by atomic mass is 79.9. The zero-order valence-electron chi connectivity index (χ0n) is 16.0. The van der Waals surface area contributed by atoms with E-state index in [0.717, 1.165) is 35.2 Å². The third-order valence-electron chi connectivity index (χ3n) is 4.29. The summed E-state index contributed by atoms with van der Waals surface area (Å²) in [5, 5.41) is 9.49. The number of morpholine rings is 1. The van der Waals surface area contributed by atoms with Crippen LogP contribution in [0.2, 0.25) is 0 Å². The molecular formula is C18H25BrN4O3S2. The van der Waals surface area contributed by atoms with Gasteiger partial charge in [0.25, 0.3) is 0 Å². The quantitative estimate of drug-likeness (QED) is 0.528. The molecule has 1 aliphatic rings. The van der Waals surface area contributed by atoms with Crippen molar-refractivity contribution >= 4 is 43.5 Å². The second-order valence-electron chi connectivity index (χ2n) is 7.01. The maximum atomic E-state index is 12.6. The molecule has 7 nitrogen and oxygen atoms in total. The lowest BCUT2D eigenvalue weighted by Crippen LogP contribution is -2.38. The van der Waals surface area contributed by atoms with Crippen molar-refractivity contribution in [2.75, 3.05) is 42.7 Å². The van der Waals surface area contributed by atoms with E-state index < -0.39 is 9.84 Å². The Labute approximate surface area is 178 Å². The lowest BCUT2D eigenvalue weighted by molar-refractivity contribution is 0.121. The molecule has 154 valence electrons. The van der Waals surface area contributed by atoms with Gasteiger partial charge in [-0.25, -0.2) is 8.42 Å². The number of aromatic nitrogens is 3. The molecule has 28 heavy (non-hydrogen) atoms. The minimum Gasteiger partial charge on any atom is -0.378 e. The fourth-order valence-electron chi connectivity index (χ4n) is 2.91. The Balaban J connectivity index is 1.69. The Morgan fingerprint density at radius 1 is 1.18 bits per heavy atom. The van der Waals surface area contributed by atoms with Crippen LogP contribution in [-0.4, -0.2) is 61.0 Å². The number of sulfone groups is 1. The van der Waals surface area contributed by atoms with Gasteiger partial charge in [-0.05, 0) is 30.2 Å². The maximum Gasteiger partial charge on any atom is 0.228 e. The standard InChI is InChI=1S/C18H25BrN4O3S2/c1-14(2)13-23-17(22-7-9-26-10-8-22)20-21-18(23)27-11-12-28(24,25)16-5-3-15(19)4-6-16/h3-6,14H,7-13H2,1-2H3. The van der Waals surface area contributed by atoms with Gasteiger partial charge in [-0.1, -0.05) is 41.5 Å². The number of ether oxygens (including phenoxy) is 1. The molecule has 1 saturated heterocycles. The Kier molecular flexibility index (Phi) is 7.41. The number of hydrogen-bond acceptors (Lipinski definition) is 7. The average molecular weight is 489 g/mol. The summed E-state index contributed by atoms with van der Waals surface area (Å²) in [6.07, 6.45) is 0. The summed E-state index contributed by atoms with van der Waals surface area (Å²) in [5.41, 5.74) is 0. The van der Waals surface area contributed by atoms with E-state index >= 15 is 0 Å². The first-order valence-electron chi connectivity index (χ1n) is 9.24. The summed E-state index contributed by atoms with van der Waals surface area (Å²) in [6.45, 7) is 8.04. The number of thioether (sulfide) groups is 1. The molecular weight excluding hydrogens is 464 g/mol. The number of halogens is 1. The third kappa shape index (κ3) is 5.49. The number of hydrogen-bond donors (Lipinski definition) is 0. The fraction of sp³-hybridized carbons (Fsp3) is 0.556. The molecule has 1 fully saturated rings. The molecule has 0 saturated carbocycles. The van der Waals surface area contributed by atoms with Crippen molar-refractivity contribution < 1.29 is 13.2 Å². The summed E-state index contributed by atoms with van der Waals surface area (Å²) >= 11 is 4.77. The van der Waals surface area contributed by atoms with Crippen molar-refractivity contribution in [2.24, 2.45) is 5.92 Å². The Morgan fingerprint density at radius 2 is 1.86 bits per heavy atom. The van der Waals surface area contributed by atoms with Gasteiger partial charge >= 0.3 is 0 Å². The monoisotopic (exact) mass is 488 g/mol. The molecule has 10 heteroatoms. The summed E-state index contributed by atoms with van der Waals surface area (Å²) in [7, 11) is -3.32. The molecule has 0 bridgehead atoms. The van der Waals surface area contributed by atoms with Crippen LogP contribution >= 0.6 is 27.7 Å². The van der Waals surface area contributed by atoms with Gasteiger partial charge in [0.1, 0.15) is 0 Å². The van der Waals surface area contributed by atoms with E-state index in [1.165, 1.54) is 11.8 Å². The molecule has 0 radical (unpaired) electrons. The van der Waals surface area contributed by atoms with E-state index in [-0.39, 0.29) is 5.75 Å². The van der Waals surface area contributed by atoms with E-state index in [4.69, 9.17) is 4.74 Å². The highest BCUT2D eigenvalue weighted by Gasteiger charge is 2.22. The molecule has 0 amide bonds. The summed E-state index contributed by atoms with van der Waals surface area (Å²) in [5.74, 6) is 1.76. The smallest absolute Gasteiger partial charge is 0.228 e. The molecule has 0 N–H and O–H groups in total. The molecule has 0 unspecified atom stereocenters. The van der Waals surface area contributed by atoms with Gasteiger partial charge in [0, 0.05) is 29.9 Å². The van der Waals surface area contributed by atoms with Crippen molar-refractivity contribution in [3.63, 3.8) is 0 Å².